The minimum atomic E-state index is -1.19. The van der Waals surface area contributed by atoms with Gasteiger partial charge in [0.15, 0.2) is 0 Å². The maximum absolute atomic E-state index is 14.6. The number of hydrogen-bond acceptors (Lipinski definition) is 4. The van der Waals surface area contributed by atoms with E-state index in [4.69, 9.17) is 17.3 Å². The van der Waals surface area contributed by atoms with Crippen LogP contribution in [0.1, 0.15) is 56.8 Å². The van der Waals surface area contributed by atoms with Crippen molar-refractivity contribution in [2.45, 2.75) is 31.8 Å². The predicted octanol–water partition coefficient (Wildman–Crippen LogP) is 4.41. The van der Waals surface area contributed by atoms with Crippen LogP contribution in [-0.2, 0) is 11.2 Å². The van der Waals surface area contributed by atoms with Crippen LogP contribution in [0.4, 0.5) is 4.39 Å². The number of amides is 2. The van der Waals surface area contributed by atoms with Gasteiger partial charge in [-0.1, -0.05) is 23.7 Å². The monoisotopic (exact) mass is 462 g/mol. The Morgan fingerprint density at radius 3 is 2.76 bits per heavy atom. The summed E-state index contributed by atoms with van der Waals surface area (Å²) >= 11 is 6.14. The largest absolute Gasteiger partial charge is 0.368 e. The van der Waals surface area contributed by atoms with E-state index < -0.39 is 29.7 Å². The fourth-order valence-corrected chi connectivity index (χ4v) is 4.65. The average molecular weight is 463 g/mol. The van der Waals surface area contributed by atoms with Crippen LogP contribution >= 0.6 is 11.6 Å². The van der Waals surface area contributed by atoms with E-state index in [1.807, 2.05) is 6.07 Å². The molecule has 2 atom stereocenters. The van der Waals surface area contributed by atoms with Crippen molar-refractivity contribution in [1.82, 2.24) is 9.88 Å². The van der Waals surface area contributed by atoms with Gasteiger partial charge >= 0.3 is 0 Å². The Morgan fingerprint density at radius 2 is 2.06 bits per heavy atom. The van der Waals surface area contributed by atoms with E-state index in [9.17, 15) is 19.2 Å². The highest BCUT2D eigenvalue weighted by atomic mass is 35.5. The van der Waals surface area contributed by atoms with E-state index in [-0.39, 0.29) is 5.02 Å². The summed E-state index contributed by atoms with van der Waals surface area (Å²) in [5, 5.41) is 9.54. The van der Waals surface area contributed by atoms with Crippen molar-refractivity contribution < 1.29 is 14.0 Å². The SMILES string of the molecule is Cc1ncccc1C(=O)N([C@@H]1CCc2c(F)cc(Cl)cc21)[C@@H](C(N)=O)c1cccc(C#N)c1. The number of primary amides is 1. The second kappa shape index (κ2) is 9.00. The number of aryl methyl sites for hydroxylation is 1. The lowest BCUT2D eigenvalue weighted by atomic mass is 9.96. The Kier molecular flexibility index (Phi) is 6.12. The van der Waals surface area contributed by atoms with Crippen LogP contribution in [0.3, 0.4) is 0 Å². The molecule has 0 unspecified atom stereocenters. The van der Waals surface area contributed by atoms with Gasteiger partial charge in [-0.25, -0.2) is 4.39 Å². The number of fused-ring (bicyclic) bond motifs is 1. The van der Waals surface area contributed by atoms with E-state index in [1.165, 1.54) is 17.0 Å². The predicted molar refractivity (Wildman–Crippen MR) is 121 cm³/mol. The van der Waals surface area contributed by atoms with Gasteiger partial charge in [0.05, 0.1) is 23.2 Å². The molecular formula is C25H20ClFN4O2. The number of carbonyl (C=O) groups excluding carboxylic acids is 2. The lowest BCUT2D eigenvalue weighted by Gasteiger charge is -2.36. The Morgan fingerprint density at radius 1 is 1.27 bits per heavy atom. The average Bonchev–Trinajstić information content (AvgIpc) is 3.20. The highest BCUT2D eigenvalue weighted by molar-refractivity contribution is 6.30. The number of benzene rings is 2. The van der Waals surface area contributed by atoms with E-state index in [1.54, 1.807) is 49.5 Å². The van der Waals surface area contributed by atoms with Crippen LogP contribution < -0.4 is 5.73 Å². The molecule has 3 aromatic rings. The first-order valence-electron chi connectivity index (χ1n) is 10.3. The highest BCUT2D eigenvalue weighted by Gasteiger charge is 2.40. The number of nitrogens with zero attached hydrogens (tertiary/aromatic N) is 3. The molecule has 166 valence electrons. The topological polar surface area (TPSA) is 100 Å². The van der Waals surface area contributed by atoms with Crippen molar-refractivity contribution >= 4 is 23.4 Å². The van der Waals surface area contributed by atoms with Gasteiger partial charge < -0.3 is 10.6 Å². The van der Waals surface area contributed by atoms with Gasteiger partial charge in [-0.15, -0.1) is 0 Å². The molecule has 0 aliphatic heterocycles. The van der Waals surface area contributed by atoms with Crippen LogP contribution in [0.5, 0.6) is 0 Å². The molecule has 0 saturated carbocycles. The molecule has 2 aromatic carbocycles. The zero-order chi connectivity index (χ0) is 23.7. The molecule has 1 aliphatic rings. The van der Waals surface area contributed by atoms with Gasteiger partial charge in [0, 0.05) is 16.9 Å². The molecule has 4 rings (SSSR count). The van der Waals surface area contributed by atoms with E-state index >= 15 is 0 Å². The summed E-state index contributed by atoms with van der Waals surface area (Å²) in [5.74, 6) is -1.69. The summed E-state index contributed by atoms with van der Waals surface area (Å²) in [6.45, 7) is 1.69. The third kappa shape index (κ3) is 4.18. The Bertz CT molecular complexity index is 1300. The third-order valence-corrected chi connectivity index (χ3v) is 6.13. The highest BCUT2D eigenvalue weighted by Crippen LogP contribution is 2.43. The Labute approximate surface area is 195 Å². The van der Waals surface area contributed by atoms with Gasteiger partial charge in [0.1, 0.15) is 11.9 Å². The number of rotatable bonds is 5. The van der Waals surface area contributed by atoms with Crippen molar-refractivity contribution in [3.63, 3.8) is 0 Å². The smallest absolute Gasteiger partial charge is 0.257 e. The molecule has 1 aromatic heterocycles. The number of halogens is 2. The van der Waals surface area contributed by atoms with Gasteiger partial charge in [-0.2, -0.15) is 5.26 Å². The summed E-state index contributed by atoms with van der Waals surface area (Å²) in [6.07, 6.45) is 2.33. The number of nitriles is 1. The number of pyridine rings is 1. The molecule has 2 N–H and O–H groups in total. The zero-order valence-electron chi connectivity index (χ0n) is 17.8. The quantitative estimate of drug-likeness (QED) is 0.606. The van der Waals surface area contributed by atoms with E-state index in [0.717, 1.165) is 0 Å². The molecule has 6 nitrogen and oxygen atoms in total. The van der Waals surface area contributed by atoms with Crippen molar-refractivity contribution in [2.75, 3.05) is 0 Å². The van der Waals surface area contributed by atoms with Crippen LogP contribution in [0.15, 0.2) is 54.7 Å². The minimum Gasteiger partial charge on any atom is -0.368 e. The summed E-state index contributed by atoms with van der Waals surface area (Å²) in [6, 6.07) is 12.7. The molecule has 0 radical (unpaired) electrons. The molecule has 1 heterocycles. The van der Waals surface area contributed by atoms with Crippen molar-refractivity contribution in [2.24, 2.45) is 5.73 Å². The summed E-state index contributed by atoms with van der Waals surface area (Å²) in [7, 11) is 0. The lowest BCUT2D eigenvalue weighted by Crippen LogP contribution is -2.43. The standard InChI is InChI=1S/C25H20ClFN4O2/c1-14-18(6-3-9-30-14)25(33)31(22-8-7-19-20(22)11-17(26)12-21(19)27)23(24(29)32)16-5-2-4-15(10-16)13-28/h2-6,9-12,22-23H,7-8H2,1H3,(H2,29,32)/t22-,23-/m1/s1. The number of hydrogen-bond donors (Lipinski definition) is 1. The minimum absolute atomic E-state index is 0.199. The number of carbonyl (C=O) groups is 2. The van der Waals surface area contributed by atoms with Crippen LogP contribution in [-0.4, -0.2) is 21.7 Å². The molecule has 0 saturated heterocycles. The van der Waals surface area contributed by atoms with Crippen molar-refractivity contribution in [1.29, 1.82) is 5.26 Å². The van der Waals surface area contributed by atoms with Crippen LogP contribution in [0.2, 0.25) is 5.02 Å². The molecular weight excluding hydrogens is 443 g/mol. The van der Waals surface area contributed by atoms with Gasteiger partial charge in [0.2, 0.25) is 5.91 Å². The number of aromatic nitrogens is 1. The number of nitrogens with two attached hydrogens (primary N) is 1. The zero-order valence-corrected chi connectivity index (χ0v) is 18.5. The molecule has 33 heavy (non-hydrogen) atoms. The summed E-state index contributed by atoms with van der Waals surface area (Å²) in [5.41, 5.74) is 8.33. The van der Waals surface area contributed by atoms with Gasteiger partial charge in [0.25, 0.3) is 5.91 Å². The van der Waals surface area contributed by atoms with Crippen LogP contribution in [0, 0.1) is 24.1 Å². The Hall–Kier alpha value is -3.76. The van der Waals surface area contributed by atoms with Gasteiger partial charge in [-0.3, -0.25) is 14.6 Å². The lowest BCUT2D eigenvalue weighted by molar-refractivity contribution is -0.123. The molecule has 0 spiro atoms. The summed E-state index contributed by atoms with van der Waals surface area (Å²) in [4.78, 5) is 32.3. The molecule has 8 heteroatoms. The first-order valence-corrected chi connectivity index (χ1v) is 10.7. The fraction of sp³-hybridized carbons (Fsp3) is 0.200. The van der Waals surface area contributed by atoms with E-state index in [0.29, 0.717) is 46.4 Å². The second-order valence-corrected chi connectivity index (χ2v) is 8.34. The van der Waals surface area contributed by atoms with Gasteiger partial charge in [-0.05, 0) is 72.9 Å². The fourth-order valence-electron chi connectivity index (χ4n) is 4.44. The molecule has 1 aliphatic carbocycles. The molecule has 2 amide bonds. The Balaban J connectivity index is 1.92. The van der Waals surface area contributed by atoms with Crippen LogP contribution in [0.25, 0.3) is 0 Å². The van der Waals surface area contributed by atoms with E-state index in [2.05, 4.69) is 4.98 Å². The first kappa shape index (κ1) is 22.4. The maximum Gasteiger partial charge on any atom is 0.257 e. The molecule has 0 bridgehead atoms. The first-order chi connectivity index (χ1) is 15.8. The van der Waals surface area contributed by atoms with Crippen molar-refractivity contribution in [3.8, 4) is 6.07 Å². The maximum atomic E-state index is 14.6. The van der Waals surface area contributed by atoms with Crippen molar-refractivity contribution in [3.05, 3.63) is 99.1 Å². The molecule has 0 fully saturated rings. The third-order valence-electron chi connectivity index (χ3n) is 5.91. The normalized spacial score (nSPS) is 15.4. The second-order valence-electron chi connectivity index (χ2n) is 7.90. The summed E-state index contributed by atoms with van der Waals surface area (Å²) < 4.78 is 14.6.